The Morgan fingerprint density at radius 3 is 2.32 bits per heavy atom. The Bertz CT molecular complexity index is 436. The van der Waals surface area contributed by atoms with Gasteiger partial charge in [0.15, 0.2) is 0 Å². The van der Waals surface area contributed by atoms with Gasteiger partial charge in [-0.1, -0.05) is 39.9 Å². The summed E-state index contributed by atoms with van der Waals surface area (Å²) < 4.78 is 13.2. The van der Waals surface area contributed by atoms with E-state index in [-0.39, 0.29) is 10.8 Å². The zero-order valence-corrected chi connectivity index (χ0v) is 12.9. The predicted octanol–water partition coefficient (Wildman–Crippen LogP) is 3.80. The maximum atomic E-state index is 13.2. The smallest absolute Gasteiger partial charge is 0.124 e. The summed E-state index contributed by atoms with van der Waals surface area (Å²) in [5.41, 5.74) is 7.01. The van der Waals surface area contributed by atoms with Crippen LogP contribution in [0.4, 0.5) is 10.1 Å². The van der Waals surface area contributed by atoms with Gasteiger partial charge >= 0.3 is 0 Å². The fraction of sp³-hybridized carbons (Fsp3) is 0.533. The zero-order chi connectivity index (χ0) is 14.6. The Hall–Kier alpha value is -1.16. The number of nitrogens with two attached hydrogens (primary N) is 1. The van der Waals surface area contributed by atoms with Crippen molar-refractivity contribution in [3.05, 3.63) is 29.6 Å². The third-order valence-corrected chi connectivity index (χ3v) is 3.71. The SMILES string of the molecule is CC(C)C(CNc1ccc(F)cc1C(N)=S)C(C)C. The summed E-state index contributed by atoms with van der Waals surface area (Å²) in [6.45, 7) is 9.69. The van der Waals surface area contributed by atoms with E-state index in [0.29, 0.717) is 23.3 Å². The second-order valence-electron chi connectivity index (χ2n) is 5.59. The molecule has 2 nitrogen and oxygen atoms in total. The number of benzene rings is 1. The second-order valence-corrected chi connectivity index (χ2v) is 6.03. The number of halogens is 1. The first-order chi connectivity index (χ1) is 8.82. The van der Waals surface area contributed by atoms with Crippen molar-refractivity contribution in [2.75, 3.05) is 11.9 Å². The van der Waals surface area contributed by atoms with Gasteiger partial charge in [-0.3, -0.25) is 0 Å². The number of rotatable bonds is 6. The first kappa shape index (κ1) is 15.9. The maximum absolute atomic E-state index is 13.2. The Morgan fingerprint density at radius 2 is 1.84 bits per heavy atom. The standard InChI is InChI=1S/C15H23FN2S/c1-9(2)13(10(3)4)8-18-14-6-5-11(16)7-12(14)15(17)19/h5-7,9-10,13,18H,8H2,1-4H3,(H2,17,19). The topological polar surface area (TPSA) is 38.0 Å². The van der Waals surface area contributed by atoms with E-state index in [0.717, 1.165) is 12.2 Å². The third-order valence-electron chi connectivity index (χ3n) is 3.49. The number of anilines is 1. The molecule has 0 amide bonds. The fourth-order valence-corrected chi connectivity index (χ4v) is 2.51. The van der Waals surface area contributed by atoms with Gasteiger partial charge in [0, 0.05) is 17.8 Å². The molecule has 0 saturated heterocycles. The minimum absolute atomic E-state index is 0.215. The molecule has 0 aromatic heterocycles. The monoisotopic (exact) mass is 282 g/mol. The van der Waals surface area contributed by atoms with Gasteiger partial charge in [-0.05, 0) is 36.0 Å². The number of hydrogen-bond acceptors (Lipinski definition) is 2. The Labute approximate surface area is 120 Å². The van der Waals surface area contributed by atoms with Gasteiger partial charge in [-0.15, -0.1) is 0 Å². The van der Waals surface area contributed by atoms with Crippen molar-refractivity contribution in [1.82, 2.24) is 0 Å². The molecule has 0 aliphatic carbocycles. The van der Waals surface area contributed by atoms with Gasteiger partial charge in [0.05, 0.1) is 0 Å². The van der Waals surface area contributed by atoms with Crippen LogP contribution in [0.25, 0.3) is 0 Å². The van der Waals surface area contributed by atoms with Gasteiger partial charge < -0.3 is 11.1 Å². The highest BCUT2D eigenvalue weighted by molar-refractivity contribution is 7.80. The molecule has 1 aromatic rings. The van der Waals surface area contributed by atoms with Crippen molar-refractivity contribution in [2.45, 2.75) is 27.7 Å². The zero-order valence-electron chi connectivity index (χ0n) is 12.0. The first-order valence-corrected chi connectivity index (χ1v) is 7.07. The van der Waals surface area contributed by atoms with E-state index in [2.05, 4.69) is 33.0 Å². The Balaban J connectivity index is 2.85. The van der Waals surface area contributed by atoms with Crippen LogP contribution >= 0.6 is 12.2 Å². The summed E-state index contributed by atoms with van der Waals surface area (Å²) in [4.78, 5) is 0.215. The molecule has 0 aliphatic heterocycles. The average Bonchev–Trinajstić information content (AvgIpc) is 2.29. The lowest BCUT2D eigenvalue weighted by atomic mass is 9.85. The minimum Gasteiger partial charge on any atom is -0.389 e. The van der Waals surface area contributed by atoms with Gasteiger partial charge in [0.2, 0.25) is 0 Å². The van der Waals surface area contributed by atoms with Crippen molar-refractivity contribution in [2.24, 2.45) is 23.5 Å². The second kappa shape index (κ2) is 6.85. The molecule has 0 atom stereocenters. The van der Waals surface area contributed by atoms with Gasteiger partial charge in [-0.2, -0.15) is 0 Å². The molecular weight excluding hydrogens is 259 g/mol. The van der Waals surface area contributed by atoms with E-state index in [4.69, 9.17) is 18.0 Å². The van der Waals surface area contributed by atoms with Crippen LogP contribution in [-0.4, -0.2) is 11.5 Å². The molecule has 3 N–H and O–H groups in total. The molecule has 0 bridgehead atoms. The molecule has 19 heavy (non-hydrogen) atoms. The van der Waals surface area contributed by atoms with E-state index in [1.165, 1.54) is 12.1 Å². The largest absolute Gasteiger partial charge is 0.389 e. The predicted molar refractivity (Wildman–Crippen MR) is 83.9 cm³/mol. The van der Waals surface area contributed by atoms with E-state index in [1.54, 1.807) is 6.07 Å². The number of thiocarbonyl (C=S) groups is 1. The summed E-state index contributed by atoms with van der Waals surface area (Å²) in [7, 11) is 0. The first-order valence-electron chi connectivity index (χ1n) is 6.66. The fourth-order valence-electron chi connectivity index (χ4n) is 2.34. The van der Waals surface area contributed by atoms with E-state index in [1.807, 2.05) is 0 Å². The van der Waals surface area contributed by atoms with Crippen molar-refractivity contribution in [1.29, 1.82) is 0 Å². The van der Waals surface area contributed by atoms with Gasteiger partial charge in [-0.25, -0.2) is 4.39 Å². The minimum atomic E-state index is -0.322. The molecule has 4 heteroatoms. The molecular formula is C15H23FN2S. The third kappa shape index (κ3) is 4.46. The normalized spacial score (nSPS) is 11.4. The summed E-state index contributed by atoms with van der Waals surface area (Å²) >= 11 is 4.96. The lowest BCUT2D eigenvalue weighted by molar-refractivity contribution is 0.304. The maximum Gasteiger partial charge on any atom is 0.124 e. The summed E-state index contributed by atoms with van der Waals surface area (Å²) in [6, 6.07) is 4.50. The lowest BCUT2D eigenvalue weighted by Crippen LogP contribution is -2.25. The van der Waals surface area contributed by atoms with Crippen LogP contribution in [0.1, 0.15) is 33.3 Å². The van der Waals surface area contributed by atoms with Crippen LogP contribution in [0.3, 0.4) is 0 Å². The van der Waals surface area contributed by atoms with Gasteiger partial charge in [0.1, 0.15) is 10.8 Å². The van der Waals surface area contributed by atoms with Crippen LogP contribution < -0.4 is 11.1 Å². The Kier molecular flexibility index (Phi) is 5.73. The van der Waals surface area contributed by atoms with Crippen molar-refractivity contribution >= 4 is 22.9 Å². The molecule has 1 aromatic carbocycles. The van der Waals surface area contributed by atoms with Crippen LogP contribution in [0.15, 0.2) is 18.2 Å². The average molecular weight is 282 g/mol. The summed E-state index contributed by atoms with van der Waals surface area (Å²) in [5, 5.41) is 3.35. The lowest BCUT2D eigenvalue weighted by Gasteiger charge is -2.26. The van der Waals surface area contributed by atoms with E-state index >= 15 is 0 Å². The molecule has 106 valence electrons. The van der Waals surface area contributed by atoms with E-state index < -0.39 is 0 Å². The number of hydrogen-bond donors (Lipinski definition) is 2. The highest BCUT2D eigenvalue weighted by atomic mass is 32.1. The van der Waals surface area contributed by atoms with Crippen LogP contribution in [-0.2, 0) is 0 Å². The molecule has 0 unspecified atom stereocenters. The van der Waals surface area contributed by atoms with Crippen LogP contribution in [0.2, 0.25) is 0 Å². The van der Waals surface area contributed by atoms with Crippen LogP contribution in [0.5, 0.6) is 0 Å². The summed E-state index contributed by atoms with van der Waals surface area (Å²) in [6.07, 6.45) is 0. The quantitative estimate of drug-likeness (QED) is 0.779. The molecule has 1 rings (SSSR count). The van der Waals surface area contributed by atoms with Crippen molar-refractivity contribution < 1.29 is 4.39 Å². The van der Waals surface area contributed by atoms with Crippen LogP contribution in [0, 0.1) is 23.6 Å². The molecule has 0 radical (unpaired) electrons. The highest BCUT2D eigenvalue weighted by Gasteiger charge is 2.18. The highest BCUT2D eigenvalue weighted by Crippen LogP contribution is 2.23. The van der Waals surface area contributed by atoms with E-state index in [9.17, 15) is 4.39 Å². The molecule has 0 saturated carbocycles. The number of nitrogens with one attached hydrogen (secondary N) is 1. The van der Waals surface area contributed by atoms with Crippen molar-refractivity contribution in [3.8, 4) is 0 Å². The summed E-state index contributed by atoms with van der Waals surface area (Å²) in [5.74, 6) is 1.39. The molecule has 0 aliphatic rings. The van der Waals surface area contributed by atoms with Crippen molar-refractivity contribution in [3.63, 3.8) is 0 Å². The Morgan fingerprint density at radius 1 is 1.26 bits per heavy atom. The van der Waals surface area contributed by atoms with Gasteiger partial charge in [0.25, 0.3) is 0 Å². The molecule has 0 heterocycles. The molecule has 0 fully saturated rings. The molecule has 0 spiro atoms.